The van der Waals surface area contributed by atoms with Crippen LogP contribution in [-0.2, 0) is 0 Å². The van der Waals surface area contributed by atoms with Crippen molar-refractivity contribution < 1.29 is 0 Å². The smallest absolute Gasteiger partial charge is 0.208 e. The predicted octanol–water partition coefficient (Wildman–Crippen LogP) is 2.48. The van der Waals surface area contributed by atoms with Crippen molar-refractivity contribution >= 4 is 22.6 Å². The van der Waals surface area contributed by atoms with Crippen molar-refractivity contribution in [3.05, 3.63) is 40.7 Å². The van der Waals surface area contributed by atoms with Crippen LogP contribution in [0.15, 0.2) is 24.3 Å². The Hall–Kier alpha value is -2.01. The molecule has 0 spiro atoms. The van der Waals surface area contributed by atoms with E-state index >= 15 is 0 Å². The molecule has 0 fully saturated rings. The summed E-state index contributed by atoms with van der Waals surface area (Å²) in [6, 6.07) is 7.31. The molecule has 0 unspecified atom stereocenters. The normalized spacial score (nSPS) is 11.1. The molecule has 0 aliphatic heterocycles. The molecule has 0 amide bonds. The van der Waals surface area contributed by atoms with Crippen LogP contribution in [0.5, 0.6) is 0 Å². The van der Waals surface area contributed by atoms with E-state index in [0.717, 1.165) is 16.9 Å². The number of hydrogen-bond donors (Lipinski definition) is 0. The number of aromatic nitrogens is 5. The Balaban J connectivity index is 2.19. The van der Waals surface area contributed by atoms with Gasteiger partial charge in [-0.2, -0.15) is 5.10 Å². The maximum atomic E-state index is 5.89. The maximum absolute atomic E-state index is 5.89. The summed E-state index contributed by atoms with van der Waals surface area (Å²) < 4.78 is 1.68. The van der Waals surface area contributed by atoms with Crippen molar-refractivity contribution in [2.45, 2.75) is 13.8 Å². The van der Waals surface area contributed by atoms with Crippen LogP contribution in [0.1, 0.15) is 11.4 Å². The van der Waals surface area contributed by atoms with Crippen LogP contribution < -0.4 is 0 Å². The fraction of sp³-hybridized carbons (Fsp3) is 0.167. The Morgan fingerprint density at radius 1 is 1.06 bits per heavy atom. The van der Waals surface area contributed by atoms with Crippen molar-refractivity contribution in [2.24, 2.45) is 0 Å². The first kappa shape index (κ1) is 11.1. The molecule has 0 aliphatic carbocycles. The first-order valence-electron chi connectivity index (χ1n) is 5.47. The van der Waals surface area contributed by atoms with Gasteiger partial charge in [0.25, 0.3) is 5.95 Å². The molecule has 0 bridgehead atoms. The first-order chi connectivity index (χ1) is 8.63. The lowest BCUT2D eigenvalue weighted by Crippen LogP contribution is -2.06. The summed E-state index contributed by atoms with van der Waals surface area (Å²) in [7, 11) is 0. The fourth-order valence-electron chi connectivity index (χ4n) is 1.82. The summed E-state index contributed by atoms with van der Waals surface area (Å²) in [5.74, 6) is 0.468. The summed E-state index contributed by atoms with van der Waals surface area (Å²) in [4.78, 5) is 4.43. The molecule has 2 heterocycles. The molecule has 5 nitrogen and oxygen atoms in total. The summed E-state index contributed by atoms with van der Waals surface area (Å²) in [5, 5.41) is 13.1. The van der Waals surface area contributed by atoms with Gasteiger partial charge >= 0.3 is 0 Å². The van der Waals surface area contributed by atoms with Crippen molar-refractivity contribution in [1.82, 2.24) is 25.0 Å². The molecule has 0 saturated heterocycles. The molecule has 3 rings (SSSR count). The lowest BCUT2D eigenvalue weighted by atomic mass is 10.3. The van der Waals surface area contributed by atoms with Crippen molar-refractivity contribution in [3.8, 4) is 5.95 Å². The topological polar surface area (TPSA) is 56.5 Å². The monoisotopic (exact) mass is 259 g/mol. The molecule has 0 saturated carbocycles. The van der Waals surface area contributed by atoms with Gasteiger partial charge in [-0.15, -0.1) is 10.2 Å². The Kier molecular flexibility index (Phi) is 2.48. The molecule has 2 aromatic heterocycles. The number of rotatable bonds is 1. The van der Waals surface area contributed by atoms with Gasteiger partial charge in [-0.05, 0) is 38.1 Å². The van der Waals surface area contributed by atoms with Gasteiger partial charge in [0.1, 0.15) is 5.52 Å². The highest BCUT2D eigenvalue weighted by atomic mass is 35.5. The van der Waals surface area contributed by atoms with E-state index in [1.54, 1.807) is 16.8 Å². The van der Waals surface area contributed by atoms with E-state index in [9.17, 15) is 0 Å². The highest BCUT2D eigenvalue weighted by Crippen LogP contribution is 2.16. The zero-order chi connectivity index (χ0) is 12.7. The van der Waals surface area contributed by atoms with Gasteiger partial charge in [0, 0.05) is 10.7 Å². The molecular weight excluding hydrogens is 250 g/mol. The van der Waals surface area contributed by atoms with Crippen LogP contribution in [-0.4, -0.2) is 25.0 Å². The van der Waals surface area contributed by atoms with Gasteiger partial charge in [0.15, 0.2) is 0 Å². The van der Waals surface area contributed by atoms with E-state index in [0.29, 0.717) is 16.5 Å². The fourth-order valence-corrected chi connectivity index (χ4v) is 1.99. The lowest BCUT2D eigenvalue weighted by molar-refractivity contribution is 0.757. The number of aryl methyl sites for hydroxylation is 2. The lowest BCUT2D eigenvalue weighted by Gasteiger charge is -2.02. The van der Waals surface area contributed by atoms with Crippen LogP contribution in [0.4, 0.5) is 0 Å². The number of benzene rings is 1. The van der Waals surface area contributed by atoms with Crippen molar-refractivity contribution in [3.63, 3.8) is 0 Å². The van der Waals surface area contributed by atoms with Gasteiger partial charge in [0.05, 0.1) is 11.2 Å². The third kappa shape index (κ3) is 1.82. The third-order valence-corrected chi connectivity index (χ3v) is 2.84. The predicted molar refractivity (Wildman–Crippen MR) is 68.9 cm³/mol. The largest absolute Gasteiger partial charge is 0.270 e. The van der Waals surface area contributed by atoms with Gasteiger partial charge in [-0.3, -0.25) is 0 Å². The molecular formula is C12H10ClN5. The molecule has 3 aromatic rings. The number of hydrogen-bond acceptors (Lipinski definition) is 4. The molecule has 6 heteroatoms. The summed E-state index contributed by atoms with van der Waals surface area (Å²) in [6.07, 6.45) is 0. The minimum absolute atomic E-state index is 0.468. The highest BCUT2D eigenvalue weighted by Gasteiger charge is 2.08. The van der Waals surface area contributed by atoms with Crippen LogP contribution >= 0.6 is 11.6 Å². The minimum atomic E-state index is 0.468. The van der Waals surface area contributed by atoms with E-state index in [2.05, 4.69) is 20.3 Å². The van der Waals surface area contributed by atoms with E-state index in [1.807, 2.05) is 26.0 Å². The average molecular weight is 260 g/mol. The maximum Gasteiger partial charge on any atom is 0.270 e. The standard InChI is InChI=1S/C12H10ClN5/c1-7-5-8(2)18(17-7)12-14-10-4-3-9(13)6-11(10)15-16-12/h3-6H,1-2H3. The average Bonchev–Trinajstić information content (AvgIpc) is 2.68. The molecule has 18 heavy (non-hydrogen) atoms. The van der Waals surface area contributed by atoms with Crippen LogP contribution in [0.3, 0.4) is 0 Å². The van der Waals surface area contributed by atoms with Gasteiger partial charge in [0.2, 0.25) is 0 Å². The second-order valence-electron chi connectivity index (χ2n) is 4.08. The van der Waals surface area contributed by atoms with Gasteiger partial charge in [-0.1, -0.05) is 11.6 Å². The van der Waals surface area contributed by atoms with E-state index in [1.165, 1.54) is 0 Å². The Morgan fingerprint density at radius 2 is 1.89 bits per heavy atom. The second-order valence-corrected chi connectivity index (χ2v) is 4.52. The summed E-state index contributed by atoms with van der Waals surface area (Å²) in [5.41, 5.74) is 3.32. The van der Waals surface area contributed by atoms with E-state index in [-0.39, 0.29) is 0 Å². The molecule has 0 radical (unpaired) electrons. The number of fused-ring (bicyclic) bond motifs is 1. The van der Waals surface area contributed by atoms with E-state index < -0.39 is 0 Å². The Labute approximate surface area is 108 Å². The highest BCUT2D eigenvalue weighted by molar-refractivity contribution is 6.31. The summed E-state index contributed by atoms with van der Waals surface area (Å²) >= 11 is 5.89. The number of nitrogens with zero attached hydrogens (tertiary/aromatic N) is 5. The van der Waals surface area contributed by atoms with Crippen molar-refractivity contribution in [1.29, 1.82) is 0 Å². The minimum Gasteiger partial charge on any atom is -0.208 e. The van der Waals surface area contributed by atoms with Gasteiger partial charge < -0.3 is 0 Å². The molecule has 1 aromatic carbocycles. The zero-order valence-corrected chi connectivity index (χ0v) is 10.7. The first-order valence-corrected chi connectivity index (χ1v) is 5.85. The van der Waals surface area contributed by atoms with Crippen LogP contribution in [0.2, 0.25) is 5.02 Å². The SMILES string of the molecule is Cc1cc(C)n(-c2nnc3cc(Cl)ccc3n2)n1. The van der Waals surface area contributed by atoms with Gasteiger partial charge in [-0.25, -0.2) is 9.67 Å². The quantitative estimate of drug-likeness (QED) is 0.674. The van der Waals surface area contributed by atoms with E-state index in [4.69, 9.17) is 11.6 Å². The molecule has 90 valence electrons. The summed E-state index contributed by atoms with van der Waals surface area (Å²) in [6.45, 7) is 3.88. The molecule has 0 aliphatic rings. The van der Waals surface area contributed by atoms with Crippen molar-refractivity contribution in [2.75, 3.05) is 0 Å². The molecule has 0 N–H and O–H groups in total. The Morgan fingerprint density at radius 3 is 2.61 bits per heavy atom. The second kappa shape index (κ2) is 4.03. The number of halogens is 1. The zero-order valence-electron chi connectivity index (χ0n) is 9.92. The Bertz CT molecular complexity index is 734. The third-order valence-electron chi connectivity index (χ3n) is 2.60. The van der Waals surface area contributed by atoms with Crippen LogP contribution in [0.25, 0.3) is 17.0 Å². The van der Waals surface area contributed by atoms with Crippen LogP contribution in [0, 0.1) is 13.8 Å². The molecule has 0 atom stereocenters.